The molecule has 1 amide bonds. The molecule has 0 spiro atoms. The number of methoxy groups -OCH3 is 1. The molecule has 0 radical (unpaired) electrons. The van der Waals surface area contributed by atoms with E-state index in [0.717, 1.165) is 10.6 Å². The van der Waals surface area contributed by atoms with Crippen molar-refractivity contribution in [3.63, 3.8) is 0 Å². The molecule has 0 unspecified atom stereocenters. The van der Waals surface area contributed by atoms with E-state index >= 15 is 0 Å². The number of carbonyl (C=O) groups excluding carboxylic acids is 1. The molecule has 8 heteroatoms. The molecular weight excluding hydrogens is 316 g/mol. The lowest BCUT2D eigenvalue weighted by Crippen LogP contribution is -2.37. The molecule has 0 aromatic heterocycles. The number of nitrogens with one attached hydrogen (secondary N) is 1. The van der Waals surface area contributed by atoms with Crippen LogP contribution < -0.4 is 10.1 Å². The summed E-state index contributed by atoms with van der Waals surface area (Å²) < 4.78 is 29.3. The lowest BCUT2D eigenvalue weighted by Gasteiger charge is -2.18. The number of benzene rings is 1. The van der Waals surface area contributed by atoms with Gasteiger partial charge in [0.05, 0.1) is 24.9 Å². The van der Waals surface area contributed by atoms with Crippen LogP contribution in [0.5, 0.6) is 5.75 Å². The molecule has 0 saturated carbocycles. The summed E-state index contributed by atoms with van der Waals surface area (Å²) in [6.07, 6.45) is 1.72. The lowest BCUT2D eigenvalue weighted by molar-refractivity contribution is -0.116. The molecule has 21 heavy (non-hydrogen) atoms. The summed E-state index contributed by atoms with van der Waals surface area (Å²) in [5.74, 6) is 0.0773. The maximum Gasteiger partial charge on any atom is 0.239 e. The van der Waals surface area contributed by atoms with Crippen LogP contribution in [0, 0.1) is 0 Å². The number of anilines is 1. The molecule has 1 aromatic rings. The SMILES string of the molecule is CCCN(CC(=O)Nc1ccc(OC)c(Cl)c1)S(C)(=O)=O. The highest BCUT2D eigenvalue weighted by molar-refractivity contribution is 7.88. The number of carbonyl (C=O) groups is 1. The Hall–Kier alpha value is -1.31. The summed E-state index contributed by atoms with van der Waals surface area (Å²) >= 11 is 5.96. The van der Waals surface area contributed by atoms with Crippen molar-refractivity contribution in [2.24, 2.45) is 0 Å². The average Bonchev–Trinajstić information content (AvgIpc) is 2.37. The zero-order valence-electron chi connectivity index (χ0n) is 12.2. The van der Waals surface area contributed by atoms with Crippen LogP contribution in [-0.2, 0) is 14.8 Å². The molecule has 1 aromatic carbocycles. The van der Waals surface area contributed by atoms with Gasteiger partial charge in [0, 0.05) is 12.2 Å². The smallest absolute Gasteiger partial charge is 0.239 e. The maximum atomic E-state index is 11.9. The van der Waals surface area contributed by atoms with E-state index in [1.807, 2.05) is 6.92 Å². The third-order valence-corrected chi connectivity index (χ3v) is 4.24. The first-order chi connectivity index (χ1) is 9.77. The van der Waals surface area contributed by atoms with Crippen LogP contribution in [0.1, 0.15) is 13.3 Å². The Morgan fingerprint density at radius 2 is 2.10 bits per heavy atom. The fourth-order valence-electron chi connectivity index (χ4n) is 1.72. The van der Waals surface area contributed by atoms with Gasteiger partial charge in [-0.2, -0.15) is 4.31 Å². The summed E-state index contributed by atoms with van der Waals surface area (Å²) in [6, 6.07) is 4.80. The monoisotopic (exact) mass is 334 g/mol. The van der Waals surface area contributed by atoms with Gasteiger partial charge in [-0.1, -0.05) is 18.5 Å². The normalized spacial score (nSPS) is 11.5. The van der Waals surface area contributed by atoms with E-state index in [9.17, 15) is 13.2 Å². The Kier molecular flexibility index (Phi) is 6.44. The quantitative estimate of drug-likeness (QED) is 0.827. The molecule has 1 N–H and O–H groups in total. The van der Waals surface area contributed by atoms with Gasteiger partial charge in [-0.05, 0) is 24.6 Å². The third kappa shape index (κ3) is 5.53. The number of amides is 1. The summed E-state index contributed by atoms with van der Waals surface area (Å²) in [4.78, 5) is 11.9. The summed E-state index contributed by atoms with van der Waals surface area (Å²) in [5, 5.41) is 2.97. The van der Waals surface area contributed by atoms with E-state index in [4.69, 9.17) is 16.3 Å². The number of hydrogen-bond donors (Lipinski definition) is 1. The summed E-state index contributed by atoms with van der Waals surface area (Å²) in [5.41, 5.74) is 0.482. The van der Waals surface area contributed by atoms with Crippen LogP contribution in [0.4, 0.5) is 5.69 Å². The largest absolute Gasteiger partial charge is 0.495 e. The zero-order valence-corrected chi connectivity index (χ0v) is 13.8. The molecule has 0 bridgehead atoms. The Morgan fingerprint density at radius 1 is 1.43 bits per heavy atom. The molecule has 118 valence electrons. The predicted octanol–water partition coefficient (Wildman–Crippen LogP) is 1.96. The van der Waals surface area contributed by atoms with Gasteiger partial charge in [0.1, 0.15) is 5.75 Å². The Bertz CT molecular complexity index is 604. The van der Waals surface area contributed by atoms with Crippen molar-refractivity contribution < 1.29 is 17.9 Å². The minimum absolute atomic E-state index is 0.226. The average molecular weight is 335 g/mol. The topological polar surface area (TPSA) is 75.7 Å². The summed E-state index contributed by atoms with van der Waals surface area (Å²) in [7, 11) is -1.91. The Morgan fingerprint density at radius 3 is 2.57 bits per heavy atom. The van der Waals surface area contributed by atoms with Crippen molar-refractivity contribution in [1.82, 2.24) is 4.31 Å². The van der Waals surface area contributed by atoms with Crippen molar-refractivity contribution >= 4 is 33.2 Å². The number of rotatable bonds is 7. The highest BCUT2D eigenvalue weighted by Crippen LogP contribution is 2.27. The second-order valence-electron chi connectivity index (χ2n) is 4.49. The van der Waals surface area contributed by atoms with E-state index in [1.165, 1.54) is 7.11 Å². The van der Waals surface area contributed by atoms with Gasteiger partial charge >= 0.3 is 0 Å². The van der Waals surface area contributed by atoms with Crippen LogP contribution in [-0.4, -0.2) is 45.1 Å². The number of nitrogens with zero attached hydrogens (tertiary/aromatic N) is 1. The van der Waals surface area contributed by atoms with Crippen LogP contribution in [0.15, 0.2) is 18.2 Å². The first-order valence-electron chi connectivity index (χ1n) is 6.36. The van der Waals surface area contributed by atoms with E-state index in [-0.39, 0.29) is 6.54 Å². The molecule has 0 aliphatic carbocycles. The molecular formula is C13H19ClN2O4S. The first-order valence-corrected chi connectivity index (χ1v) is 8.59. The molecule has 0 aliphatic rings. The van der Waals surface area contributed by atoms with E-state index in [0.29, 0.717) is 29.4 Å². The molecule has 0 heterocycles. The number of sulfonamides is 1. The van der Waals surface area contributed by atoms with E-state index in [2.05, 4.69) is 5.32 Å². The van der Waals surface area contributed by atoms with Crippen LogP contribution in [0.3, 0.4) is 0 Å². The Labute approximate surface area is 130 Å². The number of hydrogen-bond acceptors (Lipinski definition) is 4. The van der Waals surface area contributed by atoms with Gasteiger partial charge in [0.15, 0.2) is 0 Å². The van der Waals surface area contributed by atoms with Gasteiger partial charge in [-0.15, -0.1) is 0 Å². The third-order valence-electron chi connectivity index (χ3n) is 2.70. The fourth-order valence-corrected chi connectivity index (χ4v) is 2.84. The van der Waals surface area contributed by atoms with Crippen molar-refractivity contribution in [2.75, 3.05) is 31.8 Å². The fraction of sp³-hybridized carbons (Fsp3) is 0.462. The van der Waals surface area contributed by atoms with Crippen molar-refractivity contribution in [1.29, 1.82) is 0 Å². The molecule has 0 fully saturated rings. The highest BCUT2D eigenvalue weighted by atomic mass is 35.5. The maximum absolute atomic E-state index is 11.9. The van der Waals surface area contributed by atoms with Gasteiger partial charge in [-0.25, -0.2) is 8.42 Å². The molecule has 0 saturated heterocycles. The van der Waals surface area contributed by atoms with Crippen molar-refractivity contribution in [2.45, 2.75) is 13.3 Å². The predicted molar refractivity (Wildman–Crippen MR) is 83.3 cm³/mol. The molecule has 0 atom stereocenters. The second-order valence-corrected chi connectivity index (χ2v) is 6.88. The molecule has 1 rings (SSSR count). The minimum atomic E-state index is -3.41. The van der Waals surface area contributed by atoms with Crippen molar-refractivity contribution in [3.05, 3.63) is 23.2 Å². The van der Waals surface area contributed by atoms with Crippen molar-refractivity contribution in [3.8, 4) is 5.75 Å². The van der Waals surface area contributed by atoms with Gasteiger partial charge < -0.3 is 10.1 Å². The molecule has 0 aliphatic heterocycles. The number of halogens is 1. The Balaban J connectivity index is 2.74. The van der Waals surface area contributed by atoms with Crippen LogP contribution in [0.2, 0.25) is 5.02 Å². The molecule has 6 nitrogen and oxygen atoms in total. The van der Waals surface area contributed by atoms with E-state index < -0.39 is 15.9 Å². The summed E-state index contributed by atoms with van der Waals surface area (Å²) in [6.45, 7) is 1.92. The number of ether oxygens (including phenoxy) is 1. The zero-order chi connectivity index (χ0) is 16.0. The first kappa shape index (κ1) is 17.7. The van der Waals surface area contributed by atoms with Crippen LogP contribution in [0.25, 0.3) is 0 Å². The lowest BCUT2D eigenvalue weighted by atomic mass is 10.3. The van der Waals surface area contributed by atoms with Gasteiger partial charge in [0.2, 0.25) is 15.9 Å². The second kappa shape index (κ2) is 7.63. The van der Waals surface area contributed by atoms with E-state index in [1.54, 1.807) is 18.2 Å². The standard InChI is InChI=1S/C13H19ClN2O4S/c1-4-7-16(21(3,18)19)9-13(17)15-10-5-6-12(20-2)11(14)8-10/h5-6,8H,4,7,9H2,1-3H3,(H,15,17). The van der Waals surface area contributed by atoms with Gasteiger partial charge in [-0.3, -0.25) is 4.79 Å². The highest BCUT2D eigenvalue weighted by Gasteiger charge is 2.19. The van der Waals surface area contributed by atoms with Gasteiger partial charge in [0.25, 0.3) is 0 Å². The minimum Gasteiger partial charge on any atom is -0.495 e. The van der Waals surface area contributed by atoms with Crippen LogP contribution >= 0.6 is 11.6 Å².